The van der Waals surface area contributed by atoms with Gasteiger partial charge in [-0.15, -0.1) is 0 Å². The highest BCUT2D eigenvalue weighted by Crippen LogP contribution is 2.26. The predicted octanol–water partition coefficient (Wildman–Crippen LogP) is 1.35. The Morgan fingerprint density at radius 3 is 2.52 bits per heavy atom. The van der Waals surface area contributed by atoms with Gasteiger partial charge >= 0.3 is 0 Å². The van der Waals surface area contributed by atoms with Crippen LogP contribution in [0.15, 0.2) is 29.2 Å². The van der Waals surface area contributed by atoms with Crippen molar-refractivity contribution < 1.29 is 22.7 Å². The lowest BCUT2D eigenvalue weighted by molar-refractivity contribution is -0.100. The number of hydrogen-bond donors (Lipinski definition) is 1. The maximum absolute atomic E-state index is 12.9. The summed E-state index contributed by atoms with van der Waals surface area (Å²) in [5.74, 6) is -0.115. The molecule has 2 aliphatic heterocycles. The number of benzene rings is 1. The molecule has 1 atom stereocenters. The molecule has 138 valence electrons. The van der Waals surface area contributed by atoms with E-state index in [1.165, 1.54) is 12.1 Å². The second-order valence-electron chi connectivity index (χ2n) is 6.20. The normalized spacial score (nSPS) is 22.3. The molecule has 1 aromatic carbocycles. The smallest absolute Gasteiger partial charge is 0.254 e. The molecule has 0 radical (unpaired) electrons. The van der Waals surface area contributed by atoms with Gasteiger partial charge in [0.15, 0.2) is 6.29 Å². The maximum Gasteiger partial charge on any atom is 0.254 e. The summed E-state index contributed by atoms with van der Waals surface area (Å²) in [7, 11) is -3.52. The highest BCUT2D eigenvalue weighted by Gasteiger charge is 2.36. The summed E-state index contributed by atoms with van der Waals surface area (Å²) in [5, 5.41) is 0. The number of piperidine rings is 1. The Labute approximate surface area is 148 Å². The van der Waals surface area contributed by atoms with Crippen molar-refractivity contribution in [2.45, 2.75) is 43.4 Å². The average molecular weight is 368 g/mol. The van der Waals surface area contributed by atoms with Crippen LogP contribution in [0.1, 0.15) is 36.5 Å². The third-order valence-corrected chi connectivity index (χ3v) is 6.08. The fourth-order valence-electron chi connectivity index (χ4n) is 3.31. The SMILES string of the molecule is CCNS(=O)(=O)c1ccc(C(=O)N2CCCC[C@@H]2C2OCCO2)cc1. The Balaban J connectivity index is 1.77. The van der Waals surface area contributed by atoms with E-state index >= 15 is 0 Å². The van der Waals surface area contributed by atoms with Crippen molar-refractivity contribution in [2.75, 3.05) is 26.3 Å². The van der Waals surface area contributed by atoms with Crippen LogP contribution in [0.4, 0.5) is 0 Å². The Morgan fingerprint density at radius 1 is 1.20 bits per heavy atom. The number of hydrogen-bond acceptors (Lipinski definition) is 5. The second-order valence-corrected chi connectivity index (χ2v) is 7.96. The lowest BCUT2D eigenvalue weighted by Crippen LogP contribution is -2.50. The van der Waals surface area contributed by atoms with E-state index in [1.54, 1.807) is 24.0 Å². The zero-order chi connectivity index (χ0) is 17.9. The zero-order valence-electron chi connectivity index (χ0n) is 14.3. The lowest BCUT2D eigenvalue weighted by atomic mass is 10.00. The Bertz CT molecular complexity index is 698. The van der Waals surface area contributed by atoms with E-state index in [-0.39, 0.29) is 23.1 Å². The van der Waals surface area contributed by atoms with Crippen LogP contribution in [-0.4, -0.2) is 57.9 Å². The molecular weight excluding hydrogens is 344 g/mol. The number of likely N-dealkylation sites (tertiary alicyclic amines) is 1. The van der Waals surface area contributed by atoms with Gasteiger partial charge in [-0.05, 0) is 43.5 Å². The maximum atomic E-state index is 12.9. The lowest BCUT2D eigenvalue weighted by Gasteiger charge is -2.38. The van der Waals surface area contributed by atoms with Crippen molar-refractivity contribution in [2.24, 2.45) is 0 Å². The number of amides is 1. The highest BCUT2D eigenvalue weighted by molar-refractivity contribution is 7.89. The Kier molecular flexibility index (Phi) is 5.73. The fourth-order valence-corrected chi connectivity index (χ4v) is 4.35. The van der Waals surface area contributed by atoms with Gasteiger partial charge in [0, 0.05) is 18.7 Å². The quantitative estimate of drug-likeness (QED) is 0.848. The molecule has 2 heterocycles. The molecule has 0 aliphatic carbocycles. The van der Waals surface area contributed by atoms with E-state index < -0.39 is 10.0 Å². The summed E-state index contributed by atoms with van der Waals surface area (Å²) in [4.78, 5) is 14.9. The molecule has 0 saturated carbocycles. The minimum absolute atomic E-state index is 0.0890. The largest absolute Gasteiger partial charge is 0.348 e. The van der Waals surface area contributed by atoms with E-state index in [2.05, 4.69) is 4.72 Å². The third kappa shape index (κ3) is 4.03. The van der Waals surface area contributed by atoms with E-state index in [0.717, 1.165) is 19.3 Å². The molecule has 0 unspecified atom stereocenters. The first-order valence-corrected chi connectivity index (χ1v) is 10.1. The van der Waals surface area contributed by atoms with Gasteiger partial charge in [-0.1, -0.05) is 6.92 Å². The Morgan fingerprint density at radius 2 is 1.88 bits per heavy atom. The molecule has 2 aliphatic rings. The molecule has 8 heteroatoms. The van der Waals surface area contributed by atoms with Crippen LogP contribution in [0.2, 0.25) is 0 Å². The molecule has 2 fully saturated rings. The highest BCUT2D eigenvalue weighted by atomic mass is 32.2. The molecule has 25 heavy (non-hydrogen) atoms. The number of carbonyl (C=O) groups excluding carboxylic acids is 1. The number of sulfonamides is 1. The molecule has 1 N–H and O–H groups in total. The molecule has 1 amide bonds. The topological polar surface area (TPSA) is 84.9 Å². The minimum Gasteiger partial charge on any atom is -0.348 e. The van der Waals surface area contributed by atoms with Crippen LogP contribution < -0.4 is 4.72 Å². The first kappa shape index (κ1) is 18.3. The van der Waals surface area contributed by atoms with Crippen molar-refractivity contribution in [1.29, 1.82) is 0 Å². The monoisotopic (exact) mass is 368 g/mol. The average Bonchev–Trinajstić information content (AvgIpc) is 3.16. The van der Waals surface area contributed by atoms with Gasteiger partial charge in [-0.2, -0.15) is 0 Å². The summed E-state index contributed by atoms with van der Waals surface area (Å²) >= 11 is 0. The molecule has 0 aromatic heterocycles. The van der Waals surface area contributed by atoms with Gasteiger partial charge in [0.25, 0.3) is 5.91 Å². The second kappa shape index (κ2) is 7.82. The van der Waals surface area contributed by atoms with Crippen LogP contribution in [0, 0.1) is 0 Å². The van der Waals surface area contributed by atoms with Crippen molar-refractivity contribution in [3.05, 3.63) is 29.8 Å². The van der Waals surface area contributed by atoms with E-state index in [4.69, 9.17) is 9.47 Å². The first-order valence-electron chi connectivity index (χ1n) is 8.67. The van der Waals surface area contributed by atoms with Crippen molar-refractivity contribution in [3.8, 4) is 0 Å². The third-order valence-electron chi connectivity index (χ3n) is 4.52. The summed E-state index contributed by atoms with van der Waals surface area (Å²) in [5.41, 5.74) is 0.473. The Hall–Kier alpha value is -1.48. The molecule has 1 aromatic rings. The van der Waals surface area contributed by atoms with E-state index in [1.807, 2.05) is 0 Å². The van der Waals surface area contributed by atoms with Gasteiger partial charge in [0.2, 0.25) is 10.0 Å². The molecule has 0 spiro atoms. The zero-order valence-corrected chi connectivity index (χ0v) is 15.1. The summed E-state index contributed by atoms with van der Waals surface area (Å²) in [6.45, 7) is 3.81. The summed E-state index contributed by atoms with van der Waals surface area (Å²) in [6, 6.07) is 5.97. The van der Waals surface area contributed by atoms with Crippen LogP contribution in [0.5, 0.6) is 0 Å². The van der Waals surface area contributed by atoms with Crippen LogP contribution in [-0.2, 0) is 19.5 Å². The number of nitrogens with zero attached hydrogens (tertiary/aromatic N) is 1. The van der Waals surface area contributed by atoms with Crippen molar-refractivity contribution in [3.63, 3.8) is 0 Å². The number of rotatable bonds is 5. The predicted molar refractivity (Wildman–Crippen MR) is 91.7 cm³/mol. The molecule has 3 rings (SSSR count). The van der Waals surface area contributed by atoms with Gasteiger partial charge in [0.05, 0.1) is 24.2 Å². The van der Waals surface area contributed by atoms with E-state index in [0.29, 0.717) is 31.9 Å². The van der Waals surface area contributed by atoms with Crippen LogP contribution >= 0.6 is 0 Å². The standard InChI is InChI=1S/C17H24N2O5S/c1-2-18-25(21,22)14-8-6-13(7-9-14)16(20)19-10-4-3-5-15(19)17-23-11-12-24-17/h6-9,15,17-18H,2-5,10-12H2,1H3/t15-/m1/s1. The summed E-state index contributed by atoms with van der Waals surface area (Å²) < 4.78 is 37.6. The van der Waals surface area contributed by atoms with Crippen LogP contribution in [0.25, 0.3) is 0 Å². The van der Waals surface area contributed by atoms with Crippen molar-refractivity contribution in [1.82, 2.24) is 9.62 Å². The first-order chi connectivity index (χ1) is 12.0. The van der Waals surface area contributed by atoms with Gasteiger partial charge < -0.3 is 14.4 Å². The molecule has 0 bridgehead atoms. The van der Waals surface area contributed by atoms with Gasteiger partial charge in [0.1, 0.15) is 0 Å². The number of nitrogens with one attached hydrogen (secondary N) is 1. The number of carbonyl (C=O) groups is 1. The molecule has 7 nitrogen and oxygen atoms in total. The van der Waals surface area contributed by atoms with E-state index in [9.17, 15) is 13.2 Å². The molecular formula is C17H24N2O5S. The fraction of sp³-hybridized carbons (Fsp3) is 0.588. The number of ether oxygens (including phenoxy) is 2. The molecule has 2 saturated heterocycles. The van der Waals surface area contributed by atoms with Crippen molar-refractivity contribution >= 4 is 15.9 Å². The minimum atomic E-state index is -3.52. The summed E-state index contributed by atoms with van der Waals surface area (Å²) in [6.07, 6.45) is 2.47. The van der Waals surface area contributed by atoms with Gasteiger partial charge in [-0.25, -0.2) is 13.1 Å². The van der Waals surface area contributed by atoms with Crippen LogP contribution in [0.3, 0.4) is 0 Å². The van der Waals surface area contributed by atoms with Gasteiger partial charge in [-0.3, -0.25) is 4.79 Å².